The van der Waals surface area contributed by atoms with Gasteiger partial charge in [0.05, 0.1) is 17.7 Å². The maximum atomic E-state index is 12.1. The fourth-order valence-corrected chi connectivity index (χ4v) is 2.03. The average Bonchev–Trinajstić information content (AvgIpc) is 2.79. The van der Waals surface area contributed by atoms with E-state index in [1.165, 1.54) is 19.1 Å². The van der Waals surface area contributed by atoms with E-state index in [9.17, 15) is 24.0 Å². The zero-order chi connectivity index (χ0) is 17.7. The molecule has 24 heavy (non-hydrogen) atoms. The van der Waals surface area contributed by atoms with E-state index in [0.717, 1.165) is 4.90 Å². The Hall–Kier alpha value is -3.23. The number of amides is 3. The summed E-state index contributed by atoms with van der Waals surface area (Å²) in [7, 11) is 0. The van der Waals surface area contributed by atoms with Crippen molar-refractivity contribution in [2.75, 3.05) is 19.7 Å². The highest BCUT2D eigenvalue weighted by molar-refractivity contribution is 6.22. The minimum atomic E-state index is -1.17. The van der Waals surface area contributed by atoms with Gasteiger partial charge in [-0.3, -0.25) is 19.3 Å². The van der Waals surface area contributed by atoms with Gasteiger partial charge in [-0.05, 0) is 19.1 Å². The van der Waals surface area contributed by atoms with Gasteiger partial charge < -0.3 is 14.8 Å². The number of nitrogens with one attached hydrogen (secondary N) is 1. The highest BCUT2D eigenvalue weighted by Gasteiger charge is 2.36. The van der Waals surface area contributed by atoms with E-state index in [1.807, 2.05) is 0 Å². The van der Waals surface area contributed by atoms with Crippen LogP contribution in [0.15, 0.2) is 24.3 Å². The van der Waals surface area contributed by atoms with Gasteiger partial charge in [0.1, 0.15) is 13.1 Å². The summed E-state index contributed by atoms with van der Waals surface area (Å²) < 4.78 is 8.64. The predicted molar refractivity (Wildman–Crippen MR) is 77.9 cm³/mol. The molecule has 1 aromatic carbocycles. The Morgan fingerprint density at radius 3 is 2.21 bits per heavy atom. The molecule has 1 aliphatic rings. The third-order valence-corrected chi connectivity index (χ3v) is 3.07. The number of nitrogens with zero attached hydrogens (tertiary/aromatic N) is 1. The van der Waals surface area contributed by atoms with Gasteiger partial charge in [0.15, 0.2) is 0 Å². The molecule has 1 aromatic rings. The standard InChI is InChI=1S/C15H14N2O7/c1-2-23-15(22)24-12(19)7-16-11(18)8-17-13(20)9-5-3-4-6-10(9)14(17)21/h3-6H,2,7-8H2,1H3,(H,16,18). The number of esters is 1. The Balaban J connectivity index is 1.86. The van der Waals surface area contributed by atoms with Crippen molar-refractivity contribution in [2.45, 2.75) is 6.92 Å². The van der Waals surface area contributed by atoms with Gasteiger partial charge in [-0.1, -0.05) is 12.1 Å². The summed E-state index contributed by atoms with van der Waals surface area (Å²) in [5.74, 6) is -2.94. The van der Waals surface area contributed by atoms with Crippen LogP contribution in [0.25, 0.3) is 0 Å². The van der Waals surface area contributed by atoms with E-state index in [2.05, 4.69) is 14.8 Å². The van der Waals surface area contributed by atoms with Gasteiger partial charge in [0.2, 0.25) is 5.91 Å². The monoisotopic (exact) mass is 334 g/mol. The summed E-state index contributed by atoms with van der Waals surface area (Å²) >= 11 is 0. The molecule has 2 rings (SSSR count). The number of ether oxygens (including phenoxy) is 2. The van der Waals surface area contributed by atoms with Gasteiger partial charge in [-0.2, -0.15) is 0 Å². The van der Waals surface area contributed by atoms with Gasteiger partial charge in [-0.15, -0.1) is 0 Å². The van der Waals surface area contributed by atoms with Crippen LogP contribution in [-0.2, 0) is 19.1 Å². The minimum Gasteiger partial charge on any atom is -0.434 e. The predicted octanol–water partition coefficient (Wildman–Crippen LogP) is 0.0985. The molecule has 3 amide bonds. The topological polar surface area (TPSA) is 119 Å². The van der Waals surface area contributed by atoms with Crippen molar-refractivity contribution >= 4 is 29.8 Å². The SMILES string of the molecule is CCOC(=O)OC(=O)CNC(=O)CN1C(=O)c2ccccc2C1=O. The summed E-state index contributed by atoms with van der Waals surface area (Å²) in [4.78, 5) is 58.9. The number of rotatable bonds is 5. The summed E-state index contributed by atoms with van der Waals surface area (Å²) in [6.45, 7) is 0.438. The number of imide groups is 1. The molecule has 126 valence electrons. The molecule has 9 heteroatoms. The fraction of sp³-hybridized carbons (Fsp3) is 0.267. The lowest BCUT2D eigenvalue weighted by Gasteiger charge is -2.13. The molecule has 0 spiro atoms. The summed E-state index contributed by atoms with van der Waals surface area (Å²) in [6, 6.07) is 6.20. The Bertz CT molecular complexity index is 679. The van der Waals surface area contributed by atoms with E-state index in [0.29, 0.717) is 0 Å². The van der Waals surface area contributed by atoms with Gasteiger partial charge >= 0.3 is 12.1 Å². The first-order valence-electron chi connectivity index (χ1n) is 7.03. The third kappa shape index (κ3) is 3.75. The molecule has 0 aliphatic carbocycles. The van der Waals surface area contributed by atoms with Crippen LogP contribution in [0.1, 0.15) is 27.6 Å². The quantitative estimate of drug-likeness (QED) is 0.461. The second kappa shape index (κ2) is 7.36. The van der Waals surface area contributed by atoms with Crippen LogP contribution < -0.4 is 5.32 Å². The molecule has 1 aliphatic heterocycles. The van der Waals surface area contributed by atoms with E-state index in [-0.39, 0.29) is 17.7 Å². The van der Waals surface area contributed by atoms with Crippen molar-refractivity contribution in [3.63, 3.8) is 0 Å². The Kier molecular flexibility index (Phi) is 5.25. The van der Waals surface area contributed by atoms with Crippen LogP contribution in [0.4, 0.5) is 4.79 Å². The lowest BCUT2D eigenvalue weighted by molar-refractivity contribution is -0.140. The van der Waals surface area contributed by atoms with Crippen LogP contribution in [0, 0.1) is 0 Å². The van der Waals surface area contributed by atoms with E-state index in [1.54, 1.807) is 12.1 Å². The van der Waals surface area contributed by atoms with Crippen molar-refractivity contribution in [1.29, 1.82) is 0 Å². The number of benzene rings is 1. The highest BCUT2D eigenvalue weighted by atomic mass is 16.7. The van der Waals surface area contributed by atoms with E-state index < -0.39 is 42.9 Å². The van der Waals surface area contributed by atoms with Crippen LogP contribution >= 0.6 is 0 Å². The lowest BCUT2D eigenvalue weighted by atomic mass is 10.1. The van der Waals surface area contributed by atoms with Gasteiger partial charge in [0, 0.05) is 0 Å². The van der Waals surface area contributed by atoms with Gasteiger partial charge in [-0.25, -0.2) is 9.59 Å². The van der Waals surface area contributed by atoms with Crippen LogP contribution in [0.5, 0.6) is 0 Å². The smallest absolute Gasteiger partial charge is 0.434 e. The van der Waals surface area contributed by atoms with E-state index >= 15 is 0 Å². The largest absolute Gasteiger partial charge is 0.516 e. The second-order valence-electron chi connectivity index (χ2n) is 4.68. The number of carbonyl (C=O) groups excluding carboxylic acids is 5. The molecule has 9 nitrogen and oxygen atoms in total. The molecule has 0 aromatic heterocycles. The molecule has 0 unspecified atom stereocenters. The lowest BCUT2D eigenvalue weighted by Crippen LogP contribution is -2.42. The Labute approximate surface area is 136 Å². The molecule has 0 radical (unpaired) electrons. The molecule has 1 N–H and O–H groups in total. The van der Waals surface area contributed by atoms with Crippen molar-refractivity contribution in [2.24, 2.45) is 0 Å². The minimum absolute atomic E-state index is 0.0399. The second-order valence-corrected chi connectivity index (χ2v) is 4.68. The maximum absolute atomic E-state index is 12.1. The fourth-order valence-electron chi connectivity index (χ4n) is 2.03. The van der Waals surface area contributed by atoms with Crippen LogP contribution in [0.2, 0.25) is 0 Å². The van der Waals surface area contributed by atoms with Crippen LogP contribution in [-0.4, -0.2) is 54.4 Å². The number of hydrogen-bond donors (Lipinski definition) is 1. The summed E-state index contributed by atoms with van der Waals surface area (Å²) in [6.07, 6.45) is -1.17. The van der Waals surface area contributed by atoms with Crippen molar-refractivity contribution in [3.8, 4) is 0 Å². The molecule has 0 bridgehead atoms. The third-order valence-electron chi connectivity index (χ3n) is 3.07. The van der Waals surface area contributed by atoms with Crippen LogP contribution in [0.3, 0.4) is 0 Å². The van der Waals surface area contributed by atoms with Gasteiger partial charge in [0.25, 0.3) is 11.8 Å². The molecule has 0 atom stereocenters. The van der Waals surface area contributed by atoms with Crippen molar-refractivity contribution in [3.05, 3.63) is 35.4 Å². The molecule has 0 fully saturated rings. The highest BCUT2D eigenvalue weighted by Crippen LogP contribution is 2.21. The molecular formula is C15H14N2O7. The molecule has 0 saturated heterocycles. The Morgan fingerprint density at radius 1 is 1.08 bits per heavy atom. The zero-order valence-corrected chi connectivity index (χ0v) is 12.7. The number of hydrogen-bond acceptors (Lipinski definition) is 7. The molecule has 1 heterocycles. The molecule has 0 saturated carbocycles. The van der Waals surface area contributed by atoms with Crippen molar-refractivity contribution < 1.29 is 33.4 Å². The first-order valence-corrected chi connectivity index (χ1v) is 7.03. The van der Waals surface area contributed by atoms with Crippen molar-refractivity contribution in [1.82, 2.24) is 10.2 Å². The number of fused-ring (bicyclic) bond motifs is 1. The maximum Gasteiger partial charge on any atom is 0.516 e. The summed E-state index contributed by atoms with van der Waals surface area (Å²) in [5.41, 5.74) is 0.439. The number of carbonyl (C=O) groups is 5. The Morgan fingerprint density at radius 2 is 1.67 bits per heavy atom. The average molecular weight is 334 g/mol. The van der Waals surface area contributed by atoms with E-state index in [4.69, 9.17) is 0 Å². The zero-order valence-electron chi connectivity index (χ0n) is 12.7. The summed E-state index contributed by atoms with van der Waals surface area (Å²) in [5, 5.41) is 2.16. The first kappa shape index (κ1) is 17.1. The first-order chi connectivity index (χ1) is 11.4. The molecular weight excluding hydrogens is 320 g/mol. The normalized spacial score (nSPS) is 12.6.